The smallest absolute Gasteiger partial charge is 0.255 e. The average molecular weight is 364 g/mol. The van der Waals surface area contributed by atoms with E-state index in [9.17, 15) is 4.79 Å². The summed E-state index contributed by atoms with van der Waals surface area (Å²) in [4.78, 5) is 17.1. The van der Waals surface area contributed by atoms with Crippen LogP contribution in [0.4, 0.5) is 5.13 Å². The maximum absolute atomic E-state index is 13.0. The lowest BCUT2D eigenvalue weighted by Crippen LogP contribution is -2.27. The maximum atomic E-state index is 13.0. The highest BCUT2D eigenvalue weighted by molar-refractivity contribution is 7.13. The number of rotatable bonds is 5. The summed E-state index contributed by atoms with van der Waals surface area (Å²) in [5.41, 5.74) is 1.62. The quantitative estimate of drug-likeness (QED) is 0.586. The molecule has 0 fully saturated rings. The van der Waals surface area contributed by atoms with Crippen LogP contribution in [0.25, 0.3) is 10.9 Å². The molecule has 26 heavy (non-hydrogen) atoms. The van der Waals surface area contributed by atoms with Crippen molar-refractivity contribution in [2.75, 3.05) is 12.4 Å². The molecule has 0 aliphatic heterocycles. The number of thiazole rings is 1. The van der Waals surface area contributed by atoms with Crippen molar-refractivity contribution < 1.29 is 9.53 Å². The van der Waals surface area contributed by atoms with Crippen molar-refractivity contribution in [3.63, 3.8) is 0 Å². The lowest BCUT2D eigenvalue weighted by Gasteiger charge is -2.17. The van der Waals surface area contributed by atoms with Crippen LogP contribution in [0.3, 0.4) is 0 Å². The van der Waals surface area contributed by atoms with Gasteiger partial charge in [0.05, 0.1) is 12.6 Å². The Hall–Kier alpha value is -3.19. The van der Waals surface area contributed by atoms with Gasteiger partial charge in [0.15, 0.2) is 11.2 Å². The number of methoxy groups -OCH3 is 1. The van der Waals surface area contributed by atoms with E-state index in [0.29, 0.717) is 5.13 Å². The zero-order chi connectivity index (χ0) is 17.9. The van der Waals surface area contributed by atoms with Gasteiger partial charge in [0.1, 0.15) is 5.75 Å². The molecule has 0 spiro atoms. The molecule has 1 unspecified atom stereocenters. The zero-order valence-electron chi connectivity index (χ0n) is 14.0. The molecule has 6 nitrogen and oxygen atoms in total. The first-order chi connectivity index (χ1) is 12.7. The number of carbonyl (C=O) groups excluding carboxylic acids is 1. The van der Waals surface area contributed by atoms with Gasteiger partial charge in [-0.15, -0.1) is 11.3 Å². The highest BCUT2D eigenvalue weighted by Gasteiger charge is 2.24. The number of benzene rings is 2. The van der Waals surface area contributed by atoms with Crippen LogP contribution in [0.15, 0.2) is 66.3 Å². The summed E-state index contributed by atoms with van der Waals surface area (Å²) in [6.45, 7) is 0. The molecule has 2 heterocycles. The second kappa shape index (κ2) is 6.97. The van der Waals surface area contributed by atoms with Crippen LogP contribution >= 0.6 is 11.3 Å². The average Bonchev–Trinajstić information content (AvgIpc) is 3.31. The number of hydrogen-bond acceptors (Lipinski definition) is 5. The number of fused-ring (bicyclic) bond motifs is 1. The fourth-order valence-corrected chi connectivity index (χ4v) is 3.32. The molecule has 0 aliphatic carbocycles. The molecule has 0 saturated carbocycles. The van der Waals surface area contributed by atoms with Gasteiger partial charge in [-0.2, -0.15) is 5.10 Å². The van der Waals surface area contributed by atoms with Gasteiger partial charge in [0, 0.05) is 29.2 Å². The molecule has 0 radical (unpaired) electrons. The van der Waals surface area contributed by atoms with Crippen LogP contribution in [0.5, 0.6) is 5.75 Å². The van der Waals surface area contributed by atoms with E-state index in [1.165, 1.54) is 11.3 Å². The molecule has 1 amide bonds. The van der Waals surface area contributed by atoms with E-state index in [-0.39, 0.29) is 5.91 Å². The van der Waals surface area contributed by atoms with Crippen molar-refractivity contribution in [3.8, 4) is 5.75 Å². The molecular weight excluding hydrogens is 348 g/mol. The van der Waals surface area contributed by atoms with Gasteiger partial charge >= 0.3 is 0 Å². The van der Waals surface area contributed by atoms with E-state index in [4.69, 9.17) is 4.74 Å². The summed E-state index contributed by atoms with van der Waals surface area (Å²) in [5, 5.41) is 10.8. The minimum Gasteiger partial charge on any atom is -0.497 e. The number of nitrogens with zero attached hydrogens (tertiary/aromatic N) is 3. The van der Waals surface area contributed by atoms with Crippen molar-refractivity contribution in [2.45, 2.75) is 6.04 Å². The second-order valence-corrected chi connectivity index (χ2v) is 6.57. The van der Waals surface area contributed by atoms with Crippen LogP contribution < -0.4 is 10.1 Å². The first kappa shape index (κ1) is 16.3. The monoisotopic (exact) mass is 364 g/mol. The van der Waals surface area contributed by atoms with Crippen LogP contribution in [0.2, 0.25) is 0 Å². The molecule has 0 bridgehead atoms. The van der Waals surface area contributed by atoms with E-state index in [2.05, 4.69) is 15.4 Å². The number of amides is 1. The molecule has 130 valence electrons. The Bertz CT molecular complexity index is 1030. The standard InChI is InChI=1S/C19H16N4O2S/c1-25-15-8-7-14-12-23(22-16(14)11-15)17(13-5-3-2-4-6-13)18(24)21-19-20-9-10-26-19/h2-12,17H,1H3,(H,20,21,24). The summed E-state index contributed by atoms with van der Waals surface area (Å²) in [6, 6.07) is 14.6. The third kappa shape index (κ3) is 3.16. The number of ether oxygens (including phenoxy) is 1. The van der Waals surface area contributed by atoms with Crippen LogP contribution in [0.1, 0.15) is 11.6 Å². The van der Waals surface area contributed by atoms with E-state index < -0.39 is 6.04 Å². The molecule has 1 atom stereocenters. The minimum absolute atomic E-state index is 0.189. The molecule has 0 aliphatic rings. The molecule has 1 N–H and O–H groups in total. The fraction of sp³-hybridized carbons (Fsp3) is 0.105. The van der Waals surface area contributed by atoms with Crippen molar-refractivity contribution in [2.24, 2.45) is 0 Å². The van der Waals surface area contributed by atoms with Crippen molar-refractivity contribution >= 4 is 33.3 Å². The van der Waals surface area contributed by atoms with Gasteiger partial charge in [-0.05, 0) is 17.7 Å². The minimum atomic E-state index is -0.599. The van der Waals surface area contributed by atoms with E-state index >= 15 is 0 Å². The molecule has 7 heteroatoms. The van der Waals surface area contributed by atoms with Gasteiger partial charge < -0.3 is 4.74 Å². The normalized spacial score (nSPS) is 12.0. The molecule has 4 rings (SSSR count). The van der Waals surface area contributed by atoms with Gasteiger partial charge in [-0.3, -0.25) is 14.8 Å². The summed E-state index contributed by atoms with van der Waals surface area (Å²) in [7, 11) is 1.62. The van der Waals surface area contributed by atoms with Crippen LogP contribution in [0, 0.1) is 0 Å². The topological polar surface area (TPSA) is 69.0 Å². The summed E-state index contributed by atoms with van der Waals surface area (Å²) < 4.78 is 6.94. The highest BCUT2D eigenvalue weighted by atomic mass is 32.1. The Balaban J connectivity index is 1.76. The maximum Gasteiger partial charge on any atom is 0.255 e. The molecule has 2 aromatic heterocycles. The fourth-order valence-electron chi connectivity index (χ4n) is 2.79. The van der Waals surface area contributed by atoms with E-state index in [1.807, 2.05) is 60.1 Å². The number of aromatic nitrogens is 3. The summed E-state index contributed by atoms with van der Waals surface area (Å²) >= 11 is 1.38. The highest BCUT2D eigenvalue weighted by Crippen LogP contribution is 2.25. The Morgan fingerprint density at radius 2 is 2.08 bits per heavy atom. The third-order valence-electron chi connectivity index (χ3n) is 4.02. The Morgan fingerprint density at radius 1 is 1.23 bits per heavy atom. The number of carbonyl (C=O) groups is 1. The zero-order valence-corrected chi connectivity index (χ0v) is 14.8. The van der Waals surface area contributed by atoms with Crippen molar-refractivity contribution in [3.05, 3.63) is 71.9 Å². The van der Waals surface area contributed by atoms with Crippen LogP contribution in [-0.2, 0) is 4.79 Å². The Labute approximate surface area is 154 Å². The first-order valence-electron chi connectivity index (χ1n) is 8.03. The Kier molecular flexibility index (Phi) is 4.37. The molecule has 4 aromatic rings. The lowest BCUT2D eigenvalue weighted by molar-refractivity contribution is -0.118. The van der Waals surface area contributed by atoms with Gasteiger partial charge in [-0.25, -0.2) is 4.98 Å². The van der Waals surface area contributed by atoms with Crippen LogP contribution in [-0.4, -0.2) is 27.8 Å². The molecule has 0 saturated heterocycles. The van der Waals surface area contributed by atoms with Gasteiger partial charge in [0.2, 0.25) is 0 Å². The SMILES string of the molecule is COc1ccc2cn(C(C(=O)Nc3nccs3)c3ccccc3)nc2c1. The largest absolute Gasteiger partial charge is 0.497 e. The predicted octanol–water partition coefficient (Wildman–Crippen LogP) is 3.73. The third-order valence-corrected chi connectivity index (χ3v) is 4.71. The predicted molar refractivity (Wildman–Crippen MR) is 102 cm³/mol. The number of anilines is 1. The van der Waals surface area contributed by atoms with E-state index in [0.717, 1.165) is 22.2 Å². The summed E-state index contributed by atoms with van der Waals surface area (Å²) in [5.74, 6) is 0.539. The molecule has 2 aromatic carbocycles. The van der Waals surface area contributed by atoms with Gasteiger partial charge in [0.25, 0.3) is 5.91 Å². The van der Waals surface area contributed by atoms with E-state index in [1.54, 1.807) is 18.0 Å². The van der Waals surface area contributed by atoms with Crippen molar-refractivity contribution in [1.82, 2.24) is 14.8 Å². The molecular formula is C19H16N4O2S. The Morgan fingerprint density at radius 3 is 2.81 bits per heavy atom. The van der Waals surface area contributed by atoms with Crippen molar-refractivity contribution in [1.29, 1.82) is 0 Å². The lowest BCUT2D eigenvalue weighted by atomic mass is 10.1. The number of hydrogen-bond donors (Lipinski definition) is 1. The summed E-state index contributed by atoms with van der Waals surface area (Å²) in [6.07, 6.45) is 3.53. The van der Waals surface area contributed by atoms with Gasteiger partial charge in [-0.1, -0.05) is 30.3 Å². The number of nitrogens with one attached hydrogen (secondary N) is 1. The second-order valence-electron chi connectivity index (χ2n) is 5.67. The first-order valence-corrected chi connectivity index (χ1v) is 8.91.